The van der Waals surface area contributed by atoms with E-state index in [1.165, 1.54) is 5.56 Å². The Bertz CT molecular complexity index is 476. The van der Waals surface area contributed by atoms with Gasteiger partial charge in [-0.15, -0.1) is 0 Å². The molecule has 4 nitrogen and oxygen atoms in total. The van der Waals surface area contributed by atoms with E-state index >= 15 is 0 Å². The minimum atomic E-state index is -0.389. The van der Waals surface area contributed by atoms with Crippen LogP contribution in [-0.4, -0.2) is 39.3 Å². The maximum atomic E-state index is 13.2. The molecule has 1 heterocycles. The predicted molar refractivity (Wildman–Crippen MR) is 85.6 cm³/mol. The number of carbonyl (C=O) groups is 1. The van der Waals surface area contributed by atoms with Crippen molar-refractivity contribution in [3.05, 3.63) is 29.8 Å². The summed E-state index contributed by atoms with van der Waals surface area (Å²) in [5.74, 6) is 0.193. The highest BCUT2D eigenvalue weighted by Crippen LogP contribution is 2.33. The summed E-state index contributed by atoms with van der Waals surface area (Å²) >= 11 is 0. The van der Waals surface area contributed by atoms with Crippen molar-refractivity contribution in [3.63, 3.8) is 0 Å². The maximum Gasteiger partial charge on any atom is 0.235 e. The van der Waals surface area contributed by atoms with Crippen LogP contribution in [0.4, 0.5) is 5.69 Å². The van der Waals surface area contributed by atoms with Gasteiger partial charge in [-0.05, 0) is 57.5 Å². The maximum absolute atomic E-state index is 13.2. The lowest BCUT2D eigenvalue weighted by Crippen LogP contribution is -2.51. The third-order valence-corrected chi connectivity index (χ3v) is 4.31. The molecule has 0 bridgehead atoms. The Hall–Kier alpha value is -1.39. The van der Waals surface area contributed by atoms with Crippen LogP contribution >= 0.6 is 0 Å². The highest BCUT2D eigenvalue weighted by Gasteiger charge is 2.42. The van der Waals surface area contributed by atoms with Gasteiger partial charge in [0.05, 0.1) is 12.0 Å². The van der Waals surface area contributed by atoms with Crippen LogP contribution in [0.15, 0.2) is 24.3 Å². The smallest absolute Gasteiger partial charge is 0.235 e. The number of hydrogen-bond donors (Lipinski definition) is 1. The molecule has 1 amide bonds. The number of methoxy groups -OCH3 is 1. The molecule has 0 unspecified atom stereocenters. The molecule has 116 valence electrons. The summed E-state index contributed by atoms with van der Waals surface area (Å²) in [6.45, 7) is 7.01. The summed E-state index contributed by atoms with van der Waals surface area (Å²) in [6, 6.07) is 8.14. The van der Waals surface area contributed by atoms with Crippen LogP contribution in [0.5, 0.6) is 0 Å². The number of hydrogen-bond acceptors (Lipinski definition) is 3. The molecule has 4 heteroatoms. The van der Waals surface area contributed by atoms with Crippen LogP contribution in [0.1, 0.15) is 25.3 Å². The van der Waals surface area contributed by atoms with Crippen LogP contribution in [-0.2, 0) is 9.53 Å². The molecule has 2 rings (SSSR count). The molecule has 1 saturated heterocycles. The van der Waals surface area contributed by atoms with Gasteiger partial charge in [-0.1, -0.05) is 12.1 Å². The zero-order valence-electron chi connectivity index (χ0n) is 13.3. The van der Waals surface area contributed by atoms with Crippen molar-refractivity contribution in [2.24, 2.45) is 5.41 Å². The van der Waals surface area contributed by atoms with Gasteiger partial charge in [-0.25, -0.2) is 0 Å². The van der Waals surface area contributed by atoms with E-state index in [0.29, 0.717) is 13.2 Å². The summed E-state index contributed by atoms with van der Waals surface area (Å²) in [4.78, 5) is 15.1. The van der Waals surface area contributed by atoms with Gasteiger partial charge in [0.2, 0.25) is 5.91 Å². The number of nitrogens with zero attached hydrogens (tertiary/aromatic N) is 1. The summed E-state index contributed by atoms with van der Waals surface area (Å²) in [7, 11) is 1.68. The number of benzene rings is 1. The van der Waals surface area contributed by atoms with Gasteiger partial charge in [0, 0.05) is 19.3 Å². The van der Waals surface area contributed by atoms with Crippen molar-refractivity contribution in [2.75, 3.05) is 38.3 Å². The Balaban J connectivity index is 2.29. The highest BCUT2D eigenvalue weighted by molar-refractivity contribution is 5.97. The van der Waals surface area contributed by atoms with E-state index in [1.54, 1.807) is 7.11 Å². The molecule has 21 heavy (non-hydrogen) atoms. The fraction of sp³-hybridized carbons (Fsp3) is 0.588. The predicted octanol–water partition coefficient (Wildman–Crippen LogP) is 2.36. The molecule has 1 N–H and O–H groups in total. The first-order valence-electron chi connectivity index (χ1n) is 7.71. The number of amides is 1. The Labute approximate surface area is 127 Å². The lowest BCUT2D eigenvalue weighted by Gasteiger charge is -2.39. The molecule has 0 atom stereocenters. The minimum absolute atomic E-state index is 0.193. The van der Waals surface area contributed by atoms with E-state index < -0.39 is 0 Å². The lowest BCUT2D eigenvalue weighted by molar-refractivity contribution is -0.133. The van der Waals surface area contributed by atoms with E-state index in [-0.39, 0.29) is 11.3 Å². The van der Waals surface area contributed by atoms with Crippen molar-refractivity contribution in [2.45, 2.75) is 26.7 Å². The third kappa shape index (κ3) is 3.44. The van der Waals surface area contributed by atoms with Crippen LogP contribution in [0.2, 0.25) is 0 Å². The molecule has 1 aromatic rings. The summed E-state index contributed by atoms with van der Waals surface area (Å²) in [5, 5.41) is 3.33. The second kappa shape index (κ2) is 7.05. The molecular formula is C17H26N2O2. The van der Waals surface area contributed by atoms with Gasteiger partial charge in [0.1, 0.15) is 0 Å². The van der Waals surface area contributed by atoms with Crippen molar-refractivity contribution >= 4 is 11.6 Å². The second-order valence-corrected chi connectivity index (χ2v) is 5.85. The number of aryl methyl sites for hydroxylation is 1. The Morgan fingerprint density at radius 3 is 2.67 bits per heavy atom. The molecule has 1 aliphatic rings. The number of nitrogens with one attached hydrogen (secondary N) is 1. The molecule has 1 aliphatic heterocycles. The van der Waals surface area contributed by atoms with Crippen molar-refractivity contribution in [1.82, 2.24) is 5.32 Å². The number of anilines is 1. The fourth-order valence-electron chi connectivity index (χ4n) is 3.13. The fourth-order valence-corrected chi connectivity index (χ4v) is 3.13. The van der Waals surface area contributed by atoms with Gasteiger partial charge in [0.25, 0.3) is 0 Å². The third-order valence-electron chi connectivity index (χ3n) is 4.31. The average Bonchev–Trinajstić information content (AvgIpc) is 2.49. The van der Waals surface area contributed by atoms with Crippen molar-refractivity contribution in [1.29, 1.82) is 0 Å². The number of rotatable bonds is 5. The van der Waals surface area contributed by atoms with Gasteiger partial charge in [0.15, 0.2) is 0 Å². The van der Waals surface area contributed by atoms with E-state index in [4.69, 9.17) is 4.74 Å². The monoisotopic (exact) mass is 290 g/mol. The van der Waals surface area contributed by atoms with E-state index in [9.17, 15) is 4.79 Å². The molecule has 1 fully saturated rings. The average molecular weight is 290 g/mol. The minimum Gasteiger partial charge on any atom is -0.384 e. The van der Waals surface area contributed by atoms with E-state index in [1.807, 2.05) is 24.0 Å². The van der Waals surface area contributed by atoms with Gasteiger partial charge in [-0.2, -0.15) is 0 Å². The summed E-state index contributed by atoms with van der Waals surface area (Å²) in [6.07, 6.45) is 1.67. The van der Waals surface area contributed by atoms with Crippen molar-refractivity contribution in [3.8, 4) is 0 Å². The lowest BCUT2D eigenvalue weighted by atomic mass is 9.78. The largest absolute Gasteiger partial charge is 0.384 e. The molecular weight excluding hydrogens is 264 g/mol. The van der Waals surface area contributed by atoms with Gasteiger partial charge >= 0.3 is 0 Å². The molecule has 0 spiro atoms. The van der Waals surface area contributed by atoms with E-state index in [2.05, 4.69) is 24.4 Å². The Kier molecular flexibility index (Phi) is 5.37. The highest BCUT2D eigenvalue weighted by atomic mass is 16.5. The quantitative estimate of drug-likeness (QED) is 0.905. The number of carbonyl (C=O) groups excluding carboxylic acids is 1. The van der Waals surface area contributed by atoms with Crippen LogP contribution in [0.3, 0.4) is 0 Å². The topological polar surface area (TPSA) is 41.6 Å². The number of ether oxygens (including phenoxy) is 1. The van der Waals surface area contributed by atoms with Crippen LogP contribution < -0.4 is 10.2 Å². The standard InChI is InChI=1S/C17H26N2O2/c1-4-19(15-7-5-6-14(2)12-15)16(20)17(13-21-3)8-10-18-11-9-17/h5-7,12,18H,4,8-11,13H2,1-3H3. The Morgan fingerprint density at radius 1 is 1.38 bits per heavy atom. The zero-order chi connectivity index (χ0) is 15.3. The molecule has 0 radical (unpaired) electrons. The second-order valence-electron chi connectivity index (χ2n) is 5.85. The van der Waals surface area contributed by atoms with Crippen LogP contribution in [0.25, 0.3) is 0 Å². The van der Waals surface area contributed by atoms with Crippen LogP contribution in [0, 0.1) is 12.3 Å². The Morgan fingerprint density at radius 2 is 2.10 bits per heavy atom. The van der Waals surface area contributed by atoms with E-state index in [0.717, 1.165) is 31.6 Å². The van der Waals surface area contributed by atoms with Gasteiger partial charge in [-0.3, -0.25) is 4.79 Å². The van der Waals surface area contributed by atoms with Gasteiger partial charge < -0.3 is 15.0 Å². The molecule has 0 aliphatic carbocycles. The molecule has 0 aromatic heterocycles. The number of piperidine rings is 1. The van der Waals surface area contributed by atoms with Crippen molar-refractivity contribution < 1.29 is 9.53 Å². The normalized spacial score (nSPS) is 17.5. The first-order valence-corrected chi connectivity index (χ1v) is 7.71. The molecule has 0 saturated carbocycles. The zero-order valence-corrected chi connectivity index (χ0v) is 13.3. The summed E-state index contributed by atoms with van der Waals surface area (Å²) in [5.41, 5.74) is 1.76. The summed E-state index contributed by atoms with van der Waals surface area (Å²) < 4.78 is 5.38. The molecule has 1 aromatic carbocycles. The first kappa shape index (κ1) is 16.0. The SMILES string of the molecule is CCN(C(=O)C1(COC)CCNCC1)c1cccc(C)c1. The first-order chi connectivity index (χ1) is 10.1.